The largest absolute Gasteiger partial charge is 1.00 e. The molecule has 0 unspecified atom stereocenters. The average molecular weight is 305 g/mol. The van der Waals surface area contributed by atoms with E-state index >= 15 is 0 Å². The van der Waals surface area contributed by atoms with Crippen LogP contribution in [-0.4, -0.2) is 13.0 Å². The molecule has 0 saturated carbocycles. The van der Waals surface area contributed by atoms with Crippen LogP contribution in [0.3, 0.4) is 0 Å². The minimum absolute atomic E-state index is 0. The van der Waals surface area contributed by atoms with Gasteiger partial charge < -0.3 is 6.74 Å². The number of benzene rings is 2. The molecule has 0 atom stereocenters. The van der Waals surface area contributed by atoms with Gasteiger partial charge in [0.25, 0.3) is 10.1 Å². The first-order chi connectivity index (χ1) is 8.97. The van der Waals surface area contributed by atoms with Gasteiger partial charge in [-0.05, 0) is 30.3 Å². The summed E-state index contributed by atoms with van der Waals surface area (Å²) in [5.41, 5.74) is 1.15. The summed E-state index contributed by atoms with van der Waals surface area (Å²) in [5.74, 6) is -0.301. The molecule has 0 saturated heterocycles. The molecule has 2 aromatic carbocycles. The van der Waals surface area contributed by atoms with Crippen LogP contribution in [0.4, 0.5) is 10.1 Å². The first kappa shape index (κ1) is 17.1. The van der Waals surface area contributed by atoms with E-state index in [0.29, 0.717) is 11.3 Å². The summed E-state index contributed by atoms with van der Waals surface area (Å²) in [6, 6.07) is 11.9. The van der Waals surface area contributed by atoms with E-state index < -0.39 is 10.1 Å². The Bertz CT molecular complexity index is 680. The fourth-order valence-electron chi connectivity index (χ4n) is 1.58. The van der Waals surface area contributed by atoms with Gasteiger partial charge in [-0.1, -0.05) is 18.2 Å². The molecule has 0 bridgehead atoms. The molecule has 2 rings (SSSR count). The number of halogens is 1. The van der Waals surface area contributed by atoms with E-state index in [4.69, 9.17) is 4.55 Å². The van der Waals surface area contributed by atoms with Crippen molar-refractivity contribution in [1.29, 1.82) is 0 Å². The molecular weight excluding hydrogens is 292 g/mol. The third-order valence-corrected chi connectivity index (χ3v) is 3.46. The first-order valence-corrected chi connectivity index (χ1v) is 6.95. The summed E-state index contributed by atoms with van der Waals surface area (Å²) in [6.45, 7) is 0.290. The molecule has 2 aromatic rings. The van der Waals surface area contributed by atoms with Crippen molar-refractivity contribution in [3.63, 3.8) is 0 Å². The molecule has 7 heteroatoms. The third kappa shape index (κ3) is 4.57. The van der Waals surface area contributed by atoms with Gasteiger partial charge in [0.05, 0.1) is 4.90 Å². The van der Waals surface area contributed by atoms with Crippen molar-refractivity contribution in [2.75, 3.05) is 5.32 Å². The van der Waals surface area contributed by atoms with E-state index in [0.717, 1.165) is 0 Å². The van der Waals surface area contributed by atoms with E-state index in [1.807, 2.05) is 0 Å². The number of rotatable bonds is 4. The number of hydrogen-bond acceptors (Lipinski definition) is 3. The smallest absolute Gasteiger partial charge is 1.00 e. The molecule has 0 fully saturated rings. The van der Waals surface area contributed by atoms with E-state index in [2.05, 4.69) is 5.32 Å². The molecule has 102 valence electrons. The van der Waals surface area contributed by atoms with E-state index in [-0.39, 0.29) is 48.2 Å². The first-order valence-electron chi connectivity index (χ1n) is 5.51. The Morgan fingerprint density at radius 1 is 1.10 bits per heavy atom. The molecule has 0 spiro atoms. The third-order valence-electron chi connectivity index (χ3n) is 2.59. The Labute approximate surface area is 140 Å². The molecule has 0 amide bonds. The number of nitrogens with one attached hydrogen (secondary N) is 1. The van der Waals surface area contributed by atoms with Gasteiger partial charge >= 0.3 is 29.6 Å². The molecule has 0 aliphatic carbocycles. The van der Waals surface area contributed by atoms with Gasteiger partial charge in [0.1, 0.15) is 5.82 Å². The second kappa shape index (κ2) is 7.19. The molecule has 0 radical (unpaired) electrons. The van der Waals surface area contributed by atoms with Crippen molar-refractivity contribution in [1.82, 2.24) is 0 Å². The maximum Gasteiger partial charge on any atom is 1.00 e. The van der Waals surface area contributed by atoms with E-state index in [1.165, 1.54) is 30.3 Å². The quantitative estimate of drug-likeness (QED) is 0.606. The zero-order valence-corrected chi connectivity index (χ0v) is 13.7. The van der Waals surface area contributed by atoms with Gasteiger partial charge in [-0.3, -0.25) is 4.55 Å². The van der Waals surface area contributed by atoms with Crippen LogP contribution in [0.5, 0.6) is 0 Å². The maximum atomic E-state index is 13.4. The molecular formula is C13H13FNNaO3S. The van der Waals surface area contributed by atoms with Crippen LogP contribution in [0.1, 0.15) is 6.99 Å². The minimum atomic E-state index is -4.18. The van der Waals surface area contributed by atoms with Crippen molar-refractivity contribution in [2.24, 2.45) is 0 Å². The summed E-state index contributed by atoms with van der Waals surface area (Å²) in [4.78, 5) is -0.177. The fraction of sp³-hybridized carbons (Fsp3) is 0.0769. The molecule has 4 nitrogen and oxygen atoms in total. The topological polar surface area (TPSA) is 66.4 Å². The van der Waals surface area contributed by atoms with Gasteiger partial charge in [0, 0.05) is 17.8 Å². The van der Waals surface area contributed by atoms with Crippen LogP contribution < -0.4 is 34.9 Å². The summed E-state index contributed by atoms with van der Waals surface area (Å²) in [6.07, 6.45) is 0. The molecule has 2 N–H and O–H groups in total. The van der Waals surface area contributed by atoms with Crippen LogP contribution in [0.2, 0.25) is 0 Å². The van der Waals surface area contributed by atoms with Gasteiger partial charge in [0.2, 0.25) is 0 Å². The Morgan fingerprint density at radius 3 is 2.25 bits per heavy atom. The standard InChI is InChI=1S/C13H12FNO3S.Na.H/c14-13-4-2-1-3-10(13)9-15-11-5-7-12(8-6-11)19(16,17)18;;/h1-8,15H,9H2,(H,16,17,18);;/q;+1;-1. The Balaban J connectivity index is 0.00000200. The summed E-state index contributed by atoms with van der Waals surface area (Å²) >= 11 is 0. The van der Waals surface area contributed by atoms with Crippen LogP contribution >= 0.6 is 0 Å². The molecule has 0 heterocycles. The van der Waals surface area contributed by atoms with Crippen molar-refractivity contribution < 1.29 is 48.3 Å². The van der Waals surface area contributed by atoms with Gasteiger partial charge in [-0.2, -0.15) is 8.42 Å². The van der Waals surface area contributed by atoms with Crippen LogP contribution in [0, 0.1) is 5.82 Å². The van der Waals surface area contributed by atoms with Crippen molar-refractivity contribution >= 4 is 15.8 Å². The molecule has 0 aromatic heterocycles. The van der Waals surface area contributed by atoms with Gasteiger partial charge in [0.15, 0.2) is 0 Å². The average Bonchev–Trinajstić information content (AvgIpc) is 2.37. The summed E-state index contributed by atoms with van der Waals surface area (Å²) in [5, 5.41) is 2.96. The summed E-state index contributed by atoms with van der Waals surface area (Å²) in [7, 11) is -4.18. The predicted molar refractivity (Wildman–Crippen MR) is 71.1 cm³/mol. The van der Waals surface area contributed by atoms with Crippen molar-refractivity contribution in [3.8, 4) is 0 Å². The zero-order chi connectivity index (χ0) is 13.9. The number of anilines is 1. The Morgan fingerprint density at radius 2 is 1.70 bits per heavy atom. The summed E-state index contributed by atoms with van der Waals surface area (Å²) < 4.78 is 43.9. The normalized spacial score (nSPS) is 10.7. The Hall–Kier alpha value is -0.920. The van der Waals surface area contributed by atoms with Crippen molar-refractivity contribution in [2.45, 2.75) is 11.4 Å². The second-order valence-corrected chi connectivity index (χ2v) is 5.37. The fourth-order valence-corrected chi connectivity index (χ4v) is 2.06. The SMILES string of the molecule is O=S(=O)(O)c1ccc(NCc2ccccc2F)cc1.[H-].[Na+]. The molecule has 20 heavy (non-hydrogen) atoms. The maximum absolute atomic E-state index is 13.4. The predicted octanol–water partition coefficient (Wildman–Crippen LogP) is -0.199. The van der Waals surface area contributed by atoms with Crippen molar-refractivity contribution in [3.05, 3.63) is 59.9 Å². The van der Waals surface area contributed by atoms with Crippen LogP contribution in [0.25, 0.3) is 0 Å². The monoisotopic (exact) mass is 305 g/mol. The van der Waals surface area contributed by atoms with Gasteiger partial charge in [-0.25, -0.2) is 4.39 Å². The van der Waals surface area contributed by atoms with E-state index in [9.17, 15) is 12.8 Å². The molecule has 0 aliphatic rings. The minimum Gasteiger partial charge on any atom is -1.00 e. The zero-order valence-electron chi connectivity index (χ0n) is 11.9. The second-order valence-electron chi connectivity index (χ2n) is 3.94. The van der Waals surface area contributed by atoms with Gasteiger partial charge in [-0.15, -0.1) is 0 Å². The number of hydrogen-bond donors (Lipinski definition) is 2. The van der Waals surface area contributed by atoms with Crippen LogP contribution in [-0.2, 0) is 16.7 Å². The Kier molecular flexibility index (Phi) is 6.16. The van der Waals surface area contributed by atoms with E-state index in [1.54, 1.807) is 18.2 Å². The molecule has 0 aliphatic heterocycles. The van der Waals surface area contributed by atoms with Crippen LogP contribution in [0.15, 0.2) is 53.4 Å².